The second-order valence-electron chi connectivity index (χ2n) is 5.52. The van der Waals surface area contributed by atoms with Crippen LogP contribution in [0.2, 0.25) is 0 Å². The lowest BCUT2D eigenvalue weighted by atomic mass is 10.1. The topological polar surface area (TPSA) is 12.0 Å². The summed E-state index contributed by atoms with van der Waals surface area (Å²) in [7, 11) is 0. The molecule has 1 nitrogen and oxygen atoms in total. The Morgan fingerprint density at radius 1 is 1.20 bits per heavy atom. The molecule has 1 rings (SSSR count). The van der Waals surface area contributed by atoms with E-state index in [0.717, 1.165) is 24.5 Å². The van der Waals surface area contributed by atoms with Crippen LogP contribution in [0.1, 0.15) is 32.8 Å². The van der Waals surface area contributed by atoms with E-state index in [2.05, 4.69) is 26.1 Å². The molecule has 114 valence electrons. The van der Waals surface area contributed by atoms with Crippen LogP contribution in [0, 0.1) is 17.6 Å². The van der Waals surface area contributed by atoms with Crippen LogP contribution in [0.5, 0.6) is 0 Å². The van der Waals surface area contributed by atoms with E-state index >= 15 is 0 Å². The van der Waals surface area contributed by atoms with Crippen molar-refractivity contribution in [3.8, 4) is 0 Å². The Bertz CT molecular complexity index is 396. The van der Waals surface area contributed by atoms with Gasteiger partial charge in [0.2, 0.25) is 0 Å². The van der Waals surface area contributed by atoms with Crippen LogP contribution in [0.4, 0.5) is 8.78 Å². The van der Waals surface area contributed by atoms with Gasteiger partial charge < -0.3 is 5.32 Å². The largest absolute Gasteiger partial charge is 0.313 e. The number of nitrogens with one attached hydrogen (secondary N) is 1. The van der Waals surface area contributed by atoms with Crippen LogP contribution < -0.4 is 5.32 Å². The molecule has 0 aliphatic heterocycles. The highest BCUT2D eigenvalue weighted by atomic mass is 32.2. The summed E-state index contributed by atoms with van der Waals surface area (Å²) in [6.07, 6.45) is 1.58. The monoisotopic (exact) mass is 301 g/mol. The minimum absolute atomic E-state index is 0.190. The molecule has 0 heterocycles. The Kier molecular flexibility index (Phi) is 8.15. The predicted molar refractivity (Wildman–Crippen MR) is 84.3 cm³/mol. The highest BCUT2D eigenvalue weighted by Gasteiger charge is 2.13. The Morgan fingerprint density at radius 3 is 2.60 bits per heavy atom. The molecular formula is C16H25F2NS. The first-order valence-corrected chi connectivity index (χ1v) is 8.43. The highest BCUT2D eigenvalue weighted by Crippen LogP contribution is 2.15. The molecule has 0 saturated heterocycles. The van der Waals surface area contributed by atoms with Gasteiger partial charge in [0.15, 0.2) is 0 Å². The summed E-state index contributed by atoms with van der Waals surface area (Å²) in [4.78, 5) is 0. The van der Waals surface area contributed by atoms with Crippen molar-refractivity contribution in [1.82, 2.24) is 5.32 Å². The van der Waals surface area contributed by atoms with Crippen molar-refractivity contribution < 1.29 is 8.78 Å². The van der Waals surface area contributed by atoms with Crippen LogP contribution in [0.15, 0.2) is 18.2 Å². The van der Waals surface area contributed by atoms with Gasteiger partial charge in [-0.2, -0.15) is 11.8 Å². The number of thioether (sulfide) groups is 1. The number of halogens is 2. The summed E-state index contributed by atoms with van der Waals surface area (Å²) in [6.45, 7) is 7.39. The molecule has 1 unspecified atom stereocenters. The van der Waals surface area contributed by atoms with Crippen molar-refractivity contribution in [3.63, 3.8) is 0 Å². The lowest BCUT2D eigenvalue weighted by Gasteiger charge is -2.19. The molecule has 0 aliphatic carbocycles. The van der Waals surface area contributed by atoms with Gasteiger partial charge in [0.25, 0.3) is 0 Å². The zero-order valence-corrected chi connectivity index (χ0v) is 13.4. The van der Waals surface area contributed by atoms with E-state index in [1.807, 2.05) is 11.8 Å². The fourth-order valence-electron chi connectivity index (χ4n) is 1.95. The maximum atomic E-state index is 13.7. The lowest BCUT2D eigenvalue weighted by molar-refractivity contribution is 0.524. The third kappa shape index (κ3) is 6.71. The van der Waals surface area contributed by atoms with Crippen LogP contribution in [-0.2, 0) is 6.42 Å². The molecular weight excluding hydrogens is 276 g/mol. The summed E-state index contributed by atoms with van der Waals surface area (Å²) in [5.74, 6) is 1.98. The smallest absolute Gasteiger partial charge is 0.126 e. The molecule has 0 spiro atoms. The van der Waals surface area contributed by atoms with Crippen molar-refractivity contribution >= 4 is 11.8 Å². The number of rotatable bonds is 9. The molecule has 0 amide bonds. The van der Waals surface area contributed by atoms with Crippen molar-refractivity contribution in [2.24, 2.45) is 5.92 Å². The first-order chi connectivity index (χ1) is 9.52. The Balaban J connectivity index is 2.60. The van der Waals surface area contributed by atoms with Gasteiger partial charge in [-0.25, -0.2) is 8.78 Å². The van der Waals surface area contributed by atoms with Gasteiger partial charge >= 0.3 is 0 Å². The van der Waals surface area contributed by atoms with E-state index < -0.39 is 0 Å². The molecule has 4 heteroatoms. The molecule has 0 bridgehead atoms. The molecule has 1 aromatic rings. The first kappa shape index (κ1) is 17.4. The Labute approximate surface area is 125 Å². The van der Waals surface area contributed by atoms with Crippen LogP contribution in [0.25, 0.3) is 0 Å². The Morgan fingerprint density at radius 2 is 1.95 bits per heavy atom. The van der Waals surface area contributed by atoms with Gasteiger partial charge in [0.05, 0.1) is 0 Å². The minimum Gasteiger partial charge on any atom is -0.313 e. The minimum atomic E-state index is -0.370. The van der Waals surface area contributed by atoms with Gasteiger partial charge in [0.1, 0.15) is 11.6 Å². The third-order valence-corrected chi connectivity index (χ3v) is 4.47. The number of hydrogen-bond acceptors (Lipinski definition) is 2. The van der Waals surface area contributed by atoms with E-state index in [4.69, 9.17) is 0 Å². The summed E-state index contributed by atoms with van der Waals surface area (Å²) < 4.78 is 26.9. The van der Waals surface area contributed by atoms with Crippen LogP contribution in [-0.4, -0.2) is 24.1 Å². The second kappa shape index (κ2) is 9.35. The van der Waals surface area contributed by atoms with Crippen molar-refractivity contribution in [2.45, 2.75) is 39.7 Å². The molecule has 1 aromatic carbocycles. The number of benzene rings is 1. The molecule has 1 atom stereocenters. The molecule has 1 N–H and O–H groups in total. The molecule has 0 aromatic heterocycles. The molecule has 0 aliphatic rings. The quantitative estimate of drug-likeness (QED) is 0.731. The van der Waals surface area contributed by atoms with E-state index in [-0.39, 0.29) is 17.7 Å². The molecule has 20 heavy (non-hydrogen) atoms. The molecule has 0 radical (unpaired) electrons. The van der Waals surface area contributed by atoms with Gasteiger partial charge in [-0.15, -0.1) is 0 Å². The molecule has 0 fully saturated rings. The van der Waals surface area contributed by atoms with Gasteiger partial charge in [-0.1, -0.05) is 20.8 Å². The van der Waals surface area contributed by atoms with Gasteiger partial charge in [0, 0.05) is 11.8 Å². The second-order valence-corrected chi connectivity index (χ2v) is 6.60. The summed E-state index contributed by atoms with van der Waals surface area (Å²) >= 11 is 1.87. The summed E-state index contributed by atoms with van der Waals surface area (Å²) in [5.41, 5.74) is 0.462. The van der Waals surface area contributed by atoms with Gasteiger partial charge in [-0.3, -0.25) is 0 Å². The maximum Gasteiger partial charge on any atom is 0.126 e. The first-order valence-electron chi connectivity index (χ1n) is 7.28. The van der Waals surface area contributed by atoms with Crippen LogP contribution in [0.3, 0.4) is 0 Å². The zero-order valence-electron chi connectivity index (χ0n) is 12.6. The molecule has 0 saturated carbocycles. The zero-order chi connectivity index (χ0) is 15.0. The van der Waals surface area contributed by atoms with E-state index in [1.165, 1.54) is 18.2 Å². The summed E-state index contributed by atoms with van der Waals surface area (Å²) in [6, 6.07) is 3.88. The fraction of sp³-hybridized carbons (Fsp3) is 0.625. The Hall–Kier alpha value is -0.610. The van der Waals surface area contributed by atoms with E-state index in [9.17, 15) is 8.78 Å². The normalized spacial score (nSPS) is 12.9. The lowest BCUT2D eigenvalue weighted by Crippen LogP contribution is -2.34. The highest BCUT2D eigenvalue weighted by molar-refractivity contribution is 7.99. The van der Waals surface area contributed by atoms with Crippen molar-refractivity contribution in [1.29, 1.82) is 0 Å². The SMILES string of the molecule is CCCNC(CSCC(C)C)Cc1cc(F)ccc1F. The predicted octanol–water partition coefficient (Wildman–Crippen LogP) is 4.26. The standard InChI is InChI=1S/C16H25F2NS/c1-4-7-19-15(11-20-10-12(2)3)9-13-8-14(17)5-6-16(13)18/h5-6,8,12,15,19H,4,7,9-11H2,1-3H3. The van der Waals surface area contributed by atoms with Crippen LogP contribution >= 0.6 is 11.8 Å². The van der Waals surface area contributed by atoms with Crippen molar-refractivity contribution in [2.75, 3.05) is 18.1 Å². The maximum absolute atomic E-state index is 13.7. The van der Waals surface area contributed by atoms with E-state index in [1.54, 1.807) is 0 Å². The van der Waals surface area contributed by atoms with Crippen molar-refractivity contribution in [3.05, 3.63) is 35.4 Å². The van der Waals surface area contributed by atoms with E-state index in [0.29, 0.717) is 17.9 Å². The van der Waals surface area contributed by atoms with Gasteiger partial charge in [-0.05, 0) is 54.8 Å². The fourth-order valence-corrected chi connectivity index (χ4v) is 3.08. The summed E-state index contributed by atoms with van der Waals surface area (Å²) in [5, 5.41) is 3.43. The third-order valence-electron chi connectivity index (χ3n) is 2.93. The number of hydrogen-bond donors (Lipinski definition) is 1. The average Bonchev–Trinajstić information content (AvgIpc) is 2.39. The average molecular weight is 301 g/mol.